The molecular weight excluding hydrogens is 564 g/mol. The number of carbonyl (C=O) groups is 1. The van der Waals surface area contributed by atoms with E-state index in [2.05, 4.69) is 42.6 Å². The molecule has 1 fully saturated rings. The fourth-order valence-electron chi connectivity index (χ4n) is 4.40. The number of nitrogens with one attached hydrogen (secondary N) is 2. The predicted molar refractivity (Wildman–Crippen MR) is 157 cm³/mol. The van der Waals surface area contributed by atoms with Crippen LogP contribution in [0.25, 0.3) is 21.3 Å². The lowest BCUT2D eigenvalue weighted by Crippen LogP contribution is -2.48. The number of anilines is 1. The Bertz CT molecular complexity index is 1640. The van der Waals surface area contributed by atoms with Gasteiger partial charge in [0.1, 0.15) is 4.90 Å². The minimum absolute atomic E-state index is 0.179. The Balaban J connectivity index is 1.22. The van der Waals surface area contributed by atoms with Gasteiger partial charge in [0.15, 0.2) is 11.0 Å². The van der Waals surface area contributed by atoms with Crippen LogP contribution in [0.15, 0.2) is 46.1 Å². The van der Waals surface area contributed by atoms with Crippen molar-refractivity contribution in [2.75, 3.05) is 44.6 Å². The molecule has 4 aromatic rings. The number of carbonyl (C=O) groups excluding carboxylic acids is 1. The molecule has 0 aliphatic carbocycles. The maximum atomic E-state index is 13.3. The summed E-state index contributed by atoms with van der Waals surface area (Å²) in [5.41, 5.74) is 1.99. The van der Waals surface area contributed by atoms with Crippen LogP contribution in [0.5, 0.6) is 0 Å². The normalized spacial score (nSPS) is 15.3. The number of sulfonamides is 1. The van der Waals surface area contributed by atoms with Crippen molar-refractivity contribution in [1.82, 2.24) is 34.6 Å². The number of thiazole rings is 1. The fourth-order valence-corrected chi connectivity index (χ4v) is 6.71. The summed E-state index contributed by atoms with van der Waals surface area (Å²) >= 11 is 1.33. The first-order chi connectivity index (χ1) is 19.5. The Morgan fingerprint density at radius 3 is 2.56 bits per heavy atom. The molecular formula is C27H34N8O4S2. The largest absolute Gasteiger partial charge is 0.339 e. The van der Waals surface area contributed by atoms with E-state index >= 15 is 0 Å². The van der Waals surface area contributed by atoms with Gasteiger partial charge in [0.25, 0.3) is 0 Å². The lowest BCUT2D eigenvalue weighted by Gasteiger charge is -2.33. The minimum atomic E-state index is -3.64. The molecule has 1 saturated heterocycles. The van der Waals surface area contributed by atoms with Gasteiger partial charge in [-0.15, -0.1) is 0 Å². The summed E-state index contributed by atoms with van der Waals surface area (Å²) in [6.07, 6.45) is 3.49. The van der Waals surface area contributed by atoms with Crippen LogP contribution in [0.2, 0.25) is 0 Å². The standard InChI is InChI=1S/C27H34N8O4S2/c1-5-34-10-12-35(13-11-34)41(37,38)20-14-19(16-28-17-20)18-6-7-21-22(15-18)40-26(30-21)32-25(36)29-9-8-23-31-24(39-33-23)27(2,3)4/h6-7,14-17H,5,8-13H2,1-4H3,(H2,29,30,32,36). The smallest absolute Gasteiger partial charge is 0.321 e. The van der Waals surface area contributed by atoms with Gasteiger partial charge >= 0.3 is 6.03 Å². The monoisotopic (exact) mass is 598 g/mol. The zero-order valence-electron chi connectivity index (χ0n) is 23.5. The van der Waals surface area contributed by atoms with E-state index in [0.29, 0.717) is 48.5 Å². The van der Waals surface area contributed by atoms with Crippen molar-refractivity contribution in [1.29, 1.82) is 0 Å². The number of benzene rings is 1. The van der Waals surface area contributed by atoms with E-state index in [9.17, 15) is 13.2 Å². The van der Waals surface area contributed by atoms with Crippen molar-refractivity contribution in [3.63, 3.8) is 0 Å². The zero-order valence-corrected chi connectivity index (χ0v) is 25.2. The lowest BCUT2D eigenvalue weighted by atomic mass is 9.97. The number of rotatable bonds is 8. The predicted octanol–water partition coefficient (Wildman–Crippen LogP) is 3.73. The highest BCUT2D eigenvalue weighted by molar-refractivity contribution is 7.89. The van der Waals surface area contributed by atoms with E-state index < -0.39 is 10.0 Å². The number of hydrogen-bond acceptors (Lipinski definition) is 10. The van der Waals surface area contributed by atoms with E-state index in [1.807, 2.05) is 39.0 Å². The van der Waals surface area contributed by atoms with E-state index in [1.165, 1.54) is 21.8 Å². The molecule has 0 atom stereocenters. The average Bonchev–Trinajstić information content (AvgIpc) is 3.59. The van der Waals surface area contributed by atoms with Gasteiger partial charge in [-0.25, -0.2) is 18.2 Å². The second-order valence-electron chi connectivity index (χ2n) is 10.8. The van der Waals surface area contributed by atoms with Gasteiger partial charge in [0.05, 0.1) is 10.2 Å². The van der Waals surface area contributed by atoms with Gasteiger partial charge in [0.2, 0.25) is 15.9 Å². The molecule has 1 aromatic carbocycles. The zero-order chi connectivity index (χ0) is 29.2. The van der Waals surface area contributed by atoms with E-state index in [-0.39, 0.29) is 16.3 Å². The first kappa shape index (κ1) is 29.0. The molecule has 2 amide bonds. The molecule has 5 rings (SSSR count). The molecule has 0 spiro atoms. The second-order valence-corrected chi connectivity index (χ2v) is 13.8. The van der Waals surface area contributed by atoms with Crippen LogP contribution in [0.1, 0.15) is 39.4 Å². The summed E-state index contributed by atoms with van der Waals surface area (Å²) in [7, 11) is -3.64. The summed E-state index contributed by atoms with van der Waals surface area (Å²) in [4.78, 5) is 28.0. The Labute approximate surface area is 243 Å². The molecule has 1 aliphatic rings. The van der Waals surface area contributed by atoms with Crippen molar-refractivity contribution in [3.05, 3.63) is 48.4 Å². The number of piperazine rings is 1. The molecule has 3 aromatic heterocycles. The van der Waals surface area contributed by atoms with Crippen LogP contribution < -0.4 is 10.6 Å². The highest BCUT2D eigenvalue weighted by atomic mass is 32.2. The molecule has 14 heteroatoms. The SMILES string of the molecule is CCN1CCN(S(=O)(=O)c2cncc(-c3ccc4nc(NC(=O)NCCc5noc(C(C)(C)C)n5)sc4c3)c2)CC1. The Morgan fingerprint density at radius 1 is 1.07 bits per heavy atom. The topological polar surface area (TPSA) is 146 Å². The van der Waals surface area contributed by atoms with Gasteiger partial charge in [-0.05, 0) is 30.3 Å². The third-order valence-corrected chi connectivity index (χ3v) is 9.61. The molecule has 0 unspecified atom stereocenters. The average molecular weight is 599 g/mol. The fraction of sp³-hybridized carbons (Fsp3) is 0.444. The van der Waals surface area contributed by atoms with Gasteiger partial charge in [0, 0.05) is 62.5 Å². The van der Waals surface area contributed by atoms with Gasteiger partial charge < -0.3 is 14.7 Å². The van der Waals surface area contributed by atoms with E-state index in [1.54, 1.807) is 12.3 Å². The molecule has 1 aliphatic heterocycles. The third-order valence-electron chi connectivity index (χ3n) is 6.82. The highest BCUT2D eigenvalue weighted by Gasteiger charge is 2.28. The number of hydrogen-bond donors (Lipinski definition) is 2. The highest BCUT2D eigenvalue weighted by Crippen LogP contribution is 2.31. The summed E-state index contributed by atoms with van der Waals surface area (Å²) < 4.78 is 34.2. The summed E-state index contributed by atoms with van der Waals surface area (Å²) in [6.45, 7) is 11.7. The minimum Gasteiger partial charge on any atom is -0.339 e. The van der Waals surface area contributed by atoms with Gasteiger partial charge in [-0.1, -0.05) is 50.3 Å². The molecule has 0 radical (unpaired) electrons. The van der Waals surface area contributed by atoms with E-state index in [0.717, 1.165) is 35.4 Å². The lowest BCUT2D eigenvalue weighted by molar-refractivity contribution is 0.196. The maximum absolute atomic E-state index is 13.3. The van der Waals surface area contributed by atoms with Crippen molar-refractivity contribution >= 4 is 42.7 Å². The number of urea groups is 1. The van der Waals surface area contributed by atoms with Crippen LogP contribution in [0.3, 0.4) is 0 Å². The first-order valence-electron chi connectivity index (χ1n) is 13.5. The Morgan fingerprint density at radius 2 is 1.85 bits per heavy atom. The molecule has 41 heavy (non-hydrogen) atoms. The molecule has 0 saturated carbocycles. The van der Waals surface area contributed by atoms with Crippen LogP contribution in [0, 0.1) is 0 Å². The van der Waals surface area contributed by atoms with Crippen molar-refractivity contribution in [2.24, 2.45) is 0 Å². The third kappa shape index (κ3) is 6.72. The number of fused-ring (bicyclic) bond motifs is 1. The van der Waals surface area contributed by atoms with Gasteiger partial charge in [-0.3, -0.25) is 10.3 Å². The van der Waals surface area contributed by atoms with Crippen molar-refractivity contribution in [3.8, 4) is 11.1 Å². The maximum Gasteiger partial charge on any atom is 0.321 e. The number of nitrogens with zero attached hydrogens (tertiary/aromatic N) is 6. The Hall–Kier alpha value is -3.46. The van der Waals surface area contributed by atoms with Crippen molar-refractivity contribution < 1.29 is 17.7 Å². The number of amides is 2. The number of pyridine rings is 1. The molecule has 12 nitrogen and oxygen atoms in total. The van der Waals surface area contributed by atoms with Crippen LogP contribution >= 0.6 is 11.3 Å². The van der Waals surface area contributed by atoms with Crippen molar-refractivity contribution in [2.45, 2.75) is 44.4 Å². The summed E-state index contributed by atoms with van der Waals surface area (Å²) in [6, 6.07) is 6.92. The number of likely N-dealkylation sites (N-methyl/N-ethyl adjacent to an activating group) is 1. The number of aromatic nitrogens is 4. The summed E-state index contributed by atoms with van der Waals surface area (Å²) in [5, 5.41) is 9.97. The van der Waals surface area contributed by atoms with Gasteiger partial charge in [-0.2, -0.15) is 9.29 Å². The molecule has 2 N–H and O–H groups in total. The first-order valence-corrected chi connectivity index (χ1v) is 15.7. The molecule has 4 heterocycles. The van der Waals surface area contributed by atoms with Crippen LogP contribution in [-0.4, -0.2) is 83.0 Å². The van der Waals surface area contributed by atoms with Crippen LogP contribution in [-0.2, 0) is 21.9 Å². The van der Waals surface area contributed by atoms with Crippen LogP contribution in [0.4, 0.5) is 9.93 Å². The quantitative estimate of drug-likeness (QED) is 0.310. The second kappa shape index (κ2) is 11.8. The Kier molecular flexibility index (Phi) is 8.36. The molecule has 0 bridgehead atoms. The summed E-state index contributed by atoms with van der Waals surface area (Å²) in [5.74, 6) is 1.09. The van der Waals surface area contributed by atoms with E-state index in [4.69, 9.17) is 4.52 Å². The molecule has 218 valence electrons.